The number of rotatable bonds is 12. The van der Waals surface area contributed by atoms with Crippen LogP contribution in [0.4, 0.5) is 10.5 Å². The third-order valence-electron chi connectivity index (χ3n) is 6.08. The molecule has 4 amide bonds. The molecular formula is C30H42N4O5. The summed E-state index contributed by atoms with van der Waals surface area (Å²) in [4.78, 5) is 53.5. The van der Waals surface area contributed by atoms with Crippen molar-refractivity contribution in [3.05, 3.63) is 65.2 Å². The summed E-state index contributed by atoms with van der Waals surface area (Å²) in [5.41, 5.74) is 7.81. The van der Waals surface area contributed by atoms with Crippen LogP contribution in [0.5, 0.6) is 0 Å². The monoisotopic (exact) mass is 538 g/mol. The zero-order chi connectivity index (χ0) is 29.2. The van der Waals surface area contributed by atoms with Crippen molar-refractivity contribution in [2.75, 3.05) is 11.9 Å². The van der Waals surface area contributed by atoms with E-state index in [9.17, 15) is 19.2 Å². The molecule has 9 nitrogen and oxygen atoms in total. The zero-order valence-corrected chi connectivity index (χ0v) is 23.9. The summed E-state index contributed by atoms with van der Waals surface area (Å²) in [5.74, 6) is -1.50. The van der Waals surface area contributed by atoms with Crippen LogP contribution in [0.2, 0.25) is 0 Å². The number of carbonyl (C=O) groups is 4. The van der Waals surface area contributed by atoms with Crippen molar-refractivity contribution in [1.29, 1.82) is 0 Å². The summed E-state index contributed by atoms with van der Waals surface area (Å²) < 4.78 is 5.36. The van der Waals surface area contributed by atoms with Crippen molar-refractivity contribution in [2.24, 2.45) is 5.73 Å². The van der Waals surface area contributed by atoms with Gasteiger partial charge in [0.25, 0.3) is 5.91 Å². The molecule has 0 fully saturated rings. The van der Waals surface area contributed by atoms with Crippen LogP contribution in [0, 0.1) is 6.92 Å². The fourth-order valence-corrected chi connectivity index (χ4v) is 4.12. The Bertz CT molecular complexity index is 1140. The van der Waals surface area contributed by atoms with Crippen LogP contribution in [0.3, 0.4) is 0 Å². The number of aryl methyl sites for hydroxylation is 2. The number of nitrogens with zero attached hydrogens (tertiary/aromatic N) is 1. The standard InChI is InChI=1S/C30H42N4O5/c1-7-19-34(28(37)24(17-18-25(31)35)33-29(38)39-30(4,5)6)26(22-15-13-21(8-2)14-16-22)27(36)32-23-12-10-9-11-20(23)3/h9-16,24,26H,7-8,17-19H2,1-6H3,(H2,31,35)(H,32,36)(H,33,38). The fraction of sp³-hybridized carbons (Fsp3) is 0.467. The van der Waals surface area contributed by atoms with Gasteiger partial charge in [0.1, 0.15) is 17.7 Å². The maximum absolute atomic E-state index is 14.0. The lowest BCUT2D eigenvalue weighted by molar-refractivity contribution is -0.141. The van der Waals surface area contributed by atoms with Crippen LogP contribution < -0.4 is 16.4 Å². The molecular weight excluding hydrogens is 496 g/mol. The smallest absolute Gasteiger partial charge is 0.408 e. The third kappa shape index (κ3) is 9.74. The number of nitrogens with two attached hydrogens (primary N) is 1. The molecule has 2 unspecified atom stereocenters. The second-order valence-electron chi connectivity index (χ2n) is 10.5. The Morgan fingerprint density at radius 3 is 2.18 bits per heavy atom. The molecule has 0 saturated carbocycles. The van der Waals surface area contributed by atoms with Gasteiger partial charge < -0.3 is 26.0 Å². The number of hydrogen-bond donors (Lipinski definition) is 3. The first-order chi connectivity index (χ1) is 18.4. The van der Waals surface area contributed by atoms with Crippen LogP contribution in [0.25, 0.3) is 0 Å². The summed E-state index contributed by atoms with van der Waals surface area (Å²) in [6.45, 7) is 11.2. The Labute approximate surface area is 231 Å². The van der Waals surface area contributed by atoms with E-state index in [-0.39, 0.29) is 25.3 Å². The molecule has 0 aromatic heterocycles. The van der Waals surface area contributed by atoms with Crippen molar-refractivity contribution >= 4 is 29.5 Å². The largest absolute Gasteiger partial charge is 0.444 e. The average Bonchev–Trinajstić information content (AvgIpc) is 2.86. The first kappa shape index (κ1) is 31.3. The van der Waals surface area contributed by atoms with Crippen molar-refractivity contribution in [1.82, 2.24) is 10.2 Å². The number of amides is 4. The van der Waals surface area contributed by atoms with Gasteiger partial charge in [-0.1, -0.05) is 56.3 Å². The molecule has 9 heteroatoms. The summed E-state index contributed by atoms with van der Waals surface area (Å²) >= 11 is 0. The number of primary amides is 1. The molecule has 0 spiro atoms. The molecule has 39 heavy (non-hydrogen) atoms. The Hall–Kier alpha value is -3.88. The first-order valence-electron chi connectivity index (χ1n) is 13.4. The van der Waals surface area contributed by atoms with Crippen LogP contribution in [-0.2, 0) is 25.5 Å². The summed E-state index contributed by atoms with van der Waals surface area (Å²) in [6.07, 6.45) is 0.427. The maximum Gasteiger partial charge on any atom is 0.408 e. The lowest BCUT2D eigenvalue weighted by atomic mass is 9.99. The quantitative estimate of drug-likeness (QED) is 0.363. The number of ether oxygens (including phenoxy) is 1. The van der Waals surface area contributed by atoms with Crippen molar-refractivity contribution in [3.63, 3.8) is 0 Å². The second kappa shape index (κ2) is 14.3. The van der Waals surface area contributed by atoms with Gasteiger partial charge in [-0.15, -0.1) is 0 Å². The minimum atomic E-state index is -1.12. The van der Waals surface area contributed by atoms with Gasteiger partial charge in [-0.2, -0.15) is 0 Å². The van der Waals surface area contributed by atoms with E-state index in [1.807, 2.05) is 63.2 Å². The summed E-state index contributed by atoms with van der Waals surface area (Å²) in [7, 11) is 0. The lowest BCUT2D eigenvalue weighted by Crippen LogP contribution is -2.52. The number of anilines is 1. The number of carbonyl (C=O) groups excluding carboxylic acids is 4. The molecule has 0 saturated heterocycles. The molecule has 0 heterocycles. The number of hydrogen-bond acceptors (Lipinski definition) is 5. The predicted octanol–water partition coefficient (Wildman–Crippen LogP) is 4.63. The third-order valence-corrected chi connectivity index (χ3v) is 6.08. The predicted molar refractivity (Wildman–Crippen MR) is 152 cm³/mol. The SMILES string of the molecule is CCCN(C(=O)C(CCC(N)=O)NC(=O)OC(C)(C)C)C(C(=O)Nc1ccccc1C)c1ccc(CC)cc1. The van der Waals surface area contributed by atoms with Gasteiger partial charge in [0.2, 0.25) is 11.8 Å². The van der Waals surface area contributed by atoms with Crippen molar-refractivity contribution in [3.8, 4) is 0 Å². The van der Waals surface area contributed by atoms with Crippen LogP contribution >= 0.6 is 0 Å². The van der Waals surface area contributed by atoms with Crippen LogP contribution in [0.1, 0.15) is 76.6 Å². The van der Waals surface area contributed by atoms with Gasteiger partial charge in [-0.25, -0.2) is 4.79 Å². The Kier molecular flexibility index (Phi) is 11.5. The summed E-state index contributed by atoms with van der Waals surface area (Å²) in [5, 5.41) is 5.57. The fourth-order valence-electron chi connectivity index (χ4n) is 4.12. The number of nitrogens with one attached hydrogen (secondary N) is 2. The topological polar surface area (TPSA) is 131 Å². The number of para-hydroxylation sites is 1. The highest BCUT2D eigenvalue weighted by molar-refractivity contribution is 5.99. The van der Waals surface area contributed by atoms with E-state index in [0.717, 1.165) is 17.5 Å². The molecule has 0 aliphatic rings. The molecule has 4 N–H and O–H groups in total. The zero-order valence-electron chi connectivity index (χ0n) is 23.9. The van der Waals surface area contributed by atoms with E-state index in [1.54, 1.807) is 26.8 Å². The molecule has 2 aromatic carbocycles. The highest BCUT2D eigenvalue weighted by Crippen LogP contribution is 2.27. The summed E-state index contributed by atoms with van der Waals surface area (Å²) in [6, 6.07) is 12.8. The normalized spacial score (nSPS) is 12.7. The molecule has 2 aromatic rings. The molecule has 0 radical (unpaired) electrons. The molecule has 0 aliphatic heterocycles. The Morgan fingerprint density at radius 2 is 1.64 bits per heavy atom. The van der Waals surface area contributed by atoms with E-state index in [2.05, 4.69) is 10.6 Å². The molecule has 0 aliphatic carbocycles. The number of benzene rings is 2. The second-order valence-corrected chi connectivity index (χ2v) is 10.5. The van der Waals surface area contributed by atoms with E-state index in [4.69, 9.17) is 10.5 Å². The van der Waals surface area contributed by atoms with Gasteiger partial charge in [-0.3, -0.25) is 14.4 Å². The molecule has 212 valence electrons. The van der Waals surface area contributed by atoms with Gasteiger partial charge in [0.05, 0.1) is 0 Å². The minimum absolute atomic E-state index is 0.0332. The van der Waals surface area contributed by atoms with Gasteiger partial charge in [0, 0.05) is 18.7 Å². The van der Waals surface area contributed by atoms with E-state index in [1.165, 1.54) is 4.90 Å². The van der Waals surface area contributed by atoms with E-state index < -0.39 is 35.6 Å². The van der Waals surface area contributed by atoms with E-state index in [0.29, 0.717) is 17.7 Å². The van der Waals surface area contributed by atoms with Crippen LogP contribution in [-0.4, -0.2) is 46.9 Å². The van der Waals surface area contributed by atoms with E-state index >= 15 is 0 Å². The van der Waals surface area contributed by atoms with Crippen LogP contribution in [0.15, 0.2) is 48.5 Å². The molecule has 2 rings (SSSR count). The first-order valence-corrected chi connectivity index (χ1v) is 13.4. The number of alkyl carbamates (subject to hydrolysis) is 1. The minimum Gasteiger partial charge on any atom is -0.444 e. The molecule has 0 bridgehead atoms. The van der Waals surface area contributed by atoms with Gasteiger partial charge >= 0.3 is 6.09 Å². The average molecular weight is 539 g/mol. The Morgan fingerprint density at radius 1 is 1.00 bits per heavy atom. The lowest BCUT2D eigenvalue weighted by Gasteiger charge is -2.34. The van der Waals surface area contributed by atoms with Gasteiger partial charge in [0.15, 0.2) is 0 Å². The highest BCUT2D eigenvalue weighted by atomic mass is 16.6. The van der Waals surface area contributed by atoms with Crippen molar-refractivity contribution < 1.29 is 23.9 Å². The molecule has 2 atom stereocenters. The Balaban J connectivity index is 2.52. The van der Waals surface area contributed by atoms with Crippen molar-refractivity contribution in [2.45, 2.75) is 84.9 Å². The highest BCUT2D eigenvalue weighted by Gasteiger charge is 2.36. The van der Waals surface area contributed by atoms with Gasteiger partial charge in [-0.05, 0) is 69.7 Å². The maximum atomic E-state index is 14.0.